The second-order valence-corrected chi connectivity index (χ2v) is 4.71. The fourth-order valence-electron chi connectivity index (χ4n) is 1.71. The van der Waals surface area contributed by atoms with Gasteiger partial charge in [-0.2, -0.15) is 0 Å². The molecule has 1 unspecified atom stereocenters. The van der Waals surface area contributed by atoms with Gasteiger partial charge < -0.3 is 19.9 Å². The number of aliphatic hydroxyl groups is 1. The highest BCUT2D eigenvalue weighted by molar-refractivity contribution is 5.68. The number of nitro benzene ring substituents is 1. The molecular weight excluding hydrogens is 264 g/mol. The first kappa shape index (κ1) is 16.2. The third kappa shape index (κ3) is 4.36. The lowest BCUT2D eigenvalue weighted by atomic mass is 10.0. The highest BCUT2D eigenvalue weighted by Crippen LogP contribution is 2.34. The van der Waals surface area contributed by atoms with Gasteiger partial charge in [-0.1, -0.05) is 6.07 Å². The molecule has 1 rings (SSSR count). The number of anilines is 1. The minimum absolute atomic E-state index is 0.141. The Morgan fingerprint density at radius 1 is 1.45 bits per heavy atom. The van der Waals surface area contributed by atoms with Gasteiger partial charge in [-0.05, 0) is 19.1 Å². The number of benzene rings is 1. The summed E-state index contributed by atoms with van der Waals surface area (Å²) in [6.45, 7) is 2.23. The first-order valence-electron chi connectivity index (χ1n) is 6.18. The van der Waals surface area contributed by atoms with E-state index in [9.17, 15) is 15.2 Å². The smallest absolute Gasteiger partial charge is 0.333 e. The molecule has 0 spiro atoms. The molecule has 0 aromatic heterocycles. The van der Waals surface area contributed by atoms with E-state index in [-0.39, 0.29) is 18.0 Å². The molecule has 7 nitrogen and oxygen atoms in total. The van der Waals surface area contributed by atoms with E-state index in [4.69, 9.17) is 9.47 Å². The summed E-state index contributed by atoms with van der Waals surface area (Å²) in [5.41, 5.74) is -0.850. The highest BCUT2D eigenvalue weighted by Gasteiger charge is 2.24. The van der Waals surface area contributed by atoms with Crippen LogP contribution in [0.25, 0.3) is 0 Å². The van der Waals surface area contributed by atoms with Crippen LogP contribution >= 0.6 is 0 Å². The molecule has 0 aliphatic heterocycles. The van der Waals surface area contributed by atoms with Crippen molar-refractivity contribution >= 4 is 11.4 Å². The molecule has 0 amide bonds. The van der Waals surface area contributed by atoms with Crippen LogP contribution in [0.5, 0.6) is 5.75 Å². The Kier molecular flexibility index (Phi) is 5.72. The Labute approximate surface area is 117 Å². The standard InChI is InChI=1S/C13H20N2O5/c1-13(16,7-8-19-2)9-14-10-5-4-6-11(20-3)12(10)15(17)18/h4-6,14,16H,7-9H2,1-3H3. The van der Waals surface area contributed by atoms with Crippen LogP contribution in [0, 0.1) is 10.1 Å². The molecule has 2 N–H and O–H groups in total. The summed E-state index contributed by atoms with van der Waals surface area (Å²) < 4.78 is 9.89. The van der Waals surface area contributed by atoms with E-state index in [0.717, 1.165) is 0 Å². The van der Waals surface area contributed by atoms with Crippen molar-refractivity contribution in [3.05, 3.63) is 28.3 Å². The van der Waals surface area contributed by atoms with Crippen LogP contribution in [0.1, 0.15) is 13.3 Å². The van der Waals surface area contributed by atoms with Crippen LogP contribution in [-0.4, -0.2) is 43.0 Å². The van der Waals surface area contributed by atoms with Crippen LogP contribution < -0.4 is 10.1 Å². The maximum absolute atomic E-state index is 11.1. The summed E-state index contributed by atoms with van der Waals surface area (Å²) in [6.07, 6.45) is 0.425. The first-order valence-corrected chi connectivity index (χ1v) is 6.18. The summed E-state index contributed by atoms with van der Waals surface area (Å²) in [5, 5.41) is 24.1. The highest BCUT2D eigenvalue weighted by atomic mass is 16.6. The second kappa shape index (κ2) is 7.06. The maximum atomic E-state index is 11.1. The van der Waals surface area contributed by atoms with Crippen molar-refractivity contribution in [2.24, 2.45) is 0 Å². The van der Waals surface area contributed by atoms with Crippen molar-refractivity contribution in [2.45, 2.75) is 18.9 Å². The van der Waals surface area contributed by atoms with E-state index >= 15 is 0 Å². The van der Waals surface area contributed by atoms with Crippen LogP contribution in [-0.2, 0) is 4.74 Å². The summed E-state index contributed by atoms with van der Waals surface area (Å²) >= 11 is 0. The zero-order valence-corrected chi connectivity index (χ0v) is 11.9. The summed E-state index contributed by atoms with van der Waals surface area (Å²) in [6, 6.07) is 4.75. The van der Waals surface area contributed by atoms with Crippen molar-refractivity contribution in [3.8, 4) is 5.75 Å². The SMILES string of the molecule is COCCC(C)(O)CNc1cccc(OC)c1[N+](=O)[O-]. The average molecular weight is 284 g/mol. The van der Waals surface area contributed by atoms with Gasteiger partial charge in [0.25, 0.3) is 0 Å². The van der Waals surface area contributed by atoms with E-state index < -0.39 is 10.5 Å². The Morgan fingerprint density at radius 3 is 2.70 bits per heavy atom. The zero-order chi connectivity index (χ0) is 15.2. The van der Waals surface area contributed by atoms with Gasteiger partial charge in [0.15, 0.2) is 5.75 Å². The van der Waals surface area contributed by atoms with Crippen molar-refractivity contribution < 1.29 is 19.5 Å². The van der Waals surface area contributed by atoms with E-state index in [0.29, 0.717) is 18.7 Å². The maximum Gasteiger partial charge on any atom is 0.333 e. The summed E-state index contributed by atoms with van der Waals surface area (Å²) in [7, 11) is 2.93. The number of ether oxygens (including phenoxy) is 2. The number of nitrogens with zero attached hydrogens (tertiary/aromatic N) is 1. The molecule has 0 saturated carbocycles. The van der Waals surface area contributed by atoms with E-state index in [2.05, 4.69) is 5.32 Å². The average Bonchev–Trinajstić information content (AvgIpc) is 2.42. The number of rotatable bonds is 8. The fraction of sp³-hybridized carbons (Fsp3) is 0.538. The van der Waals surface area contributed by atoms with E-state index in [1.807, 2.05) is 0 Å². The monoisotopic (exact) mass is 284 g/mol. The Morgan fingerprint density at radius 2 is 2.15 bits per heavy atom. The van der Waals surface area contributed by atoms with Gasteiger partial charge in [-0.3, -0.25) is 10.1 Å². The fourth-order valence-corrected chi connectivity index (χ4v) is 1.71. The molecule has 0 radical (unpaired) electrons. The summed E-state index contributed by atoms with van der Waals surface area (Å²) in [4.78, 5) is 10.6. The van der Waals surface area contributed by atoms with Gasteiger partial charge in [-0.15, -0.1) is 0 Å². The third-order valence-corrected chi connectivity index (χ3v) is 2.91. The number of hydrogen-bond acceptors (Lipinski definition) is 6. The molecule has 0 aliphatic carbocycles. The van der Waals surface area contributed by atoms with E-state index in [1.165, 1.54) is 13.2 Å². The predicted octanol–water partition coefficient (Wildman–Crippen LogP) is 1.80. The Bertz CT molecular complexity index is 462. The number of hydrogen-bond donors (Lipinski definition) is 2. The number of methoxy groups -OCH3 is 2. The molecule has 0 bridgehead atoms. The minimum atomic E-state index is -1.02. The molecule has 1 aromatic rings. The first-order chi connectivity index (χ1) is 9.41. The van der Waals surface area contributed by atoms with Gasteiger partial charge in [0.1, 0.15) is 5.69 Å². The van der Waals surface area contributed by atoms with Crippen LogP contribution in [0.4, 0.5) is 11.4 Å². The van der Waals surface area contributed by atoms with Crippen molar-refractivity contribution in [3.63, 3.8) is 0 Å². The predicted molar refractivity (Wildman–Crippen MR) is 75.3 cm³/mol. The van der Waals surface area contributed by atoms with E-state index in [1.54, 1.807) is 26.2 Å². The lowest BCUT2D eigenvalue weighted by Gasteiger charge is -2.23. The third-order valence-electron chi connectivity index (χ3n) is 2.91. The topological polar surface area (TPSA) is 93.9 Å². The molecule has 0 aliphatic rings. The largest absolute Gasteiger partial charge is 0.490 e. The molecular formula is C13H20N2O5. The minimum Gasteiger partial charge on any atom is -0.490 e. The molecule has 1 aromatic carbocycles. The van der Waals surface area contributed by atoms with Gasteiger partial charge in [-0.25, -0.2) is 0 Å². The number of nitro groups is 1. The molecule has 1 atom stereocenters. The molecule has 112 valence electrons. The van der Waals surface area contributed by atoms with Gasteiger partial charge in [0.05, 0.1) is 17.6 Å². The number of para-hydroxylation sites is 1. The van der Waals surface area contributed by atoms with Crippen molar-refractivity contribution in [1.29, 1.82) is 0 Å². The second-order valence-electron chi connectivity index (χ2n) is 4.71. The lowest BCUT2D eigenvalue weighted by Crippen LogP contribution is -2.34. The molecule has 20 heavy (non-hydrogen) atoms. The molecule has 0 heterocycles. The Hall–Kier alpha value is -1.86. The van der Waals surface area contributed by atoms with Crippen LogP contribution in [0.2, 0.25) is 0 Å². The molecule has 7 heteroatoms. The van der Waals surface area contributed by atoms with Crippen LogP contribution in [0.15, 0.2) is 18.2 Å². The Balaban J connectivity index is 2.85. The van der Waals surface area contributed by atoms with Crippen molar-refractivity contribution in [1.82, 2.24) is 0 Å². The quantitative estimate of drug-likeness (QED) is 0.558. The van der Waals surface area contributed by atoms with Gasteiger partial charge in [0.2, 0.25) is 0 Å². The van der Waals surface area contributed by atoms with Gasteiger partial charge >= 0.3 is 5.69 Å². The normalized spacial score (nSPS) is 13.6. The van der Waals surface area contributed by atoms with Crippen molar-refractivity contribution in [2.75, 3.05) is 32.7 Å². The number of nitrogens with one attached hydrogen (secondary N) is 1. The zero-order valence-electron chi connectivity index (χ0n) is 11.9. The molecule has 0 fully saturated rings. The summed E-state index contributed by atoms with van der Waals surface area (Å²) in [5.74, 6) is 0.177. The van der Waals surface area contributed by atoms with Gasteiger partial charge in [0, 0.05) is 26.7 Å². The molecule has 0 saturated heterocycles. The lowest BCUT2D eigenvalue weighted by molar-refractivity contribution is -0.384. The van der Waals surface area contributed by atoms with Crippen LogP contribution in [0.3, 0.4) is 0 Å².